The van der Waals surface area contributed by atoms with Gasteiger partial charge in [-0.3, -0.25) is 4.68 Å². The fraction of sp³-hybridized carbons (Fsp3) is 0.357. The number of hydrogen-bond acceptors (Lipinski definition) is 2. The number of aromatic nitrogens is 2. The molecule has 17 heavy (non-hydrogen) atoms. The Labute approximate surface area is 102 Å². The molecule has 2 aromatic rings. The first-order chi connectivity index (χ1) is 8.16. The summed E-state index contributed by atoms with van der Waals surface area (Å²) in [7, 11) is 0. The Morgan fingerprint density at radius 2 is 1.82 bits per heavy atom. The summed E-state index contributed by atoms with van der Waals surface area (Å²) < 4.78 is 1.74. The molecule has 0 spiro atoms. The molecule has 0 aliphatic carbocycles. The van der Waals surface area contributed by atoms with Crippen LogP contribution < -0.4 is 0 Å². The number of benzene rings is 1. The Balaban J connectivity index is 2.06. The molecule has 1 unspecified atom stereocenters. The van der Waals surface area contributed by atoms with Crippen LogP contribution in [0.1, 0.15) is 37.0 Å². The van der Waals surface area contributed by atoms with Crippen LogP contribution in [0.25, 0.3) is 0 Å². The van der Waals surface area contributed by atoms with Crippen molar-refractivity contribution in [2.75, 3.05) is 0 Å². The Morgan fingerprint density at radius 1 is 1.18 bits per heavy atom. The second kappa shape index (κ2) is 5.15. The van der Waals surface area contributed by atoms with Crippen LogP contribution in [0, 0.1) is 0 Å². The van der Waals surface area contributed by atoms with Crippen molar-refractivity contribution < 1.29 is 5.11 Å². The van der Waals surface area contributed by atoms with E-state index in [0.717, 1.165) is 5.56 Å². The van der Waals surface area contributed by atoms with Gasteiger partial charge in [-0.15, -0.1) is 0 Å². The lowest BCUT2D eigenvalue weighted by Gasteiger charge is -2.12. The van der Waals surface area contributed by atoms with Gasteiger partial charge in [0.2, 0.25) is 0 Å². The van der Waals surface area contributed by atoms with Crippen molar-refractivity contribution in [2.45, 2.75) is 32.4 Å². The minimum absolute atomic E-state index is 0.494. The van der Waals surface area contributed by atoms with Crippen LogP contribution in [0.2, 0.25) is 0 Å². The summed E-state index contributed by atoms with van der Waals surface area (Å²) in [5.41, 5.74) is 2.23. The van der Waals surface area contributed by atoms with Crippen molar-refractivity contribution in [3.8, 4) is 0 Å². The summed E-state index contributed by atoms with van der Waals surface area (Å²) in [4.78, 5) is 0. The SMILES string of the molecule is CC(C)c1ccc(C(O)Cn2cccn2)cc1. The third kappa shape index (κ3) is 2.94. The molecule has 1 aromatic carbocycles. The van der Waals surface area contributed by atoms with Crippen molar-refractivity contribution in [2.24, 2.45) is 0 Å². The molecule has 3 heteroatoms. The Hall–Kier alpha value is -1.61. The molecule has 0 bridgehead atoms. The standard InChI is InChI=1S/C14H18N2O/c1-11(2)12-4-6-13(7-5-12)14(17)10-16-9-3-8-15-16/h3-9,11,14,17H,10H2,1-2H3. The molecule has 1 atom stereocenters. The van der Waals surface area contributed by atoms with Crippen molar-refractivity contribution in [3.05, 3.63) is 53.9 Å². The molecule has 0 aliphatic rings. The van der Waals surface area contributed by atoms with Crippen LogP contribution in [-0.4, -0.2) is 14.9 Å². The summed E-state index contributed by atoms with van der Waals surface area (Å²) in [6, 6.07) is 9.99. The molecular formula is C14H18N2O. The van der Waals surface area contributed by atoms with E-state index in [1.165, 1.54) is 5.56 Å². The molecule has 0 saturated heterocycles. The first-order valence-corrected chi connectivity index (χ1v) is 5.92. The smallest absolute Gasteiger partial charge is 0.0985 e. The van der Waals surface area contributed by atoms with Crippen LogP contribution in [0.5, 0.6) is 0 Å². The summed E-state index contributed by atoms with van der Waals surface area (Å²) >= 11 is 0. The van der Waals surface area contributed by atoms with Crippen molar-refractivity contribution in [1.82, 2.24) is 9.78 Å². The van der Waals surface area contributed by atoms with Gasteiger partial charge in [-0.25, -0.2) is 0 Å². The van der Waals surface area contributed by atoms with Crippen LogP contribution >= 0.6 is 0 Å². The van der Waals surface area contributed by atoms with Crippen LogP contribution in [0.4, 0.5) is 0 Å². The summed E-state index contributed by atoms with van der Waals surface area (Å²) in [6.45, 7) is 4.82. The van der Waals surface area contributed by atoms with E-state index < -0.39 is 6.10 Å². The summed E-state index contributed by atoms with van der Waals surface area (Å²) in [5.74, 6) is 0.521. The molecule has 0 aliphatic heterocycles. The maximum absolute atomic E-state index is 10.1. The molecule has 0 fully saturated rings. The van der Waals surface area contributed by atoms with E-state index in [-0.39, 0.29) is 0 Å². The van der Waals surface area contributed by atoms with Gasteiger partial charge >= 0.3 is 0 Å². The number of rotatable bonds is 4. The minimum Gasteiger partial charge on any atom is -0.386 e. The zero-order valence-electron chi connectivity index (χ0n) is 10.2. The average molecular weight is 230 g/mol. The highest BCUT2D eigenvalue weighted by Crippen LogP contribution is 2.19. The van der Waals surface area contributed by atoms with E-state index in [0.29, 0.717) is 12.5 Å². The summed E-state index contributed by atoms with van der Waals surface area (Å²) in [6.07, 6.45) is 3.07. The van der Waals surface area contributed by atoms with Crippen LogP contribution in [0.15, 0.2) is 42.7 Å². The van der Waals surface area contributed by atoms with Gasteiger partial charge in [0.15, 0.2) is 0 Å². The normalized spacial score (nSPS) is 12.9. The monoisotopic (exact) mass is 230 g/mol. The quantitative estimate of drug-likeness (QED) is 0.877. The zero-order valence-corrected chi connectivity index (χ0v) is 10.2. The maximum Gasteiger partial charge on any atom is 0.0985 e. The lowest BCUT2D eigenvalue weighted by Crippen LogP contribution is -2.09. The fourth-order valence-electron chi connectivity index (χ4n) is 1.79. The van der Waals surface area contributed by atoms with Crippen molar-refractivity contribution in [3.63, 3.8) is 0 Å². The molecule has 2 rings (SSSR count). The Morgan fingerprint density at radius 3 is 2.35 bits per heavy atom. The number of hydrogen-bond donors (Lipinski definition) is 1. The van der Waals surface area contributed by atoms with E-state index >= 15 is 0 Å². The molecular weight excluding hydrogens is 212 g/mol. The predicted molar refractivity (Wildman–Crippen MR) is 67.7 cm³/mol. The average Bonchev–Trinajstić information content (AvgIpc) is 2.82. The van der Waals surface area contributed by atoms with Crippen LogP contribution in [0.3, 0.4) is 0 Å². The highest BCUT2D eigenvalue weighted by atomic mass is 16.3. The highest BCUT2D eigenvalue weighted by Gasteiger charge is 2.08. The molecule has 0 saturated carbocycles. The van der Waals surface area contributed by atoms with E-state index in [2.05, 4.69) is 31.1 Å². The van der Waals surface area contributed by atoms with Gasteiger partial charge in [-0.2, -0.15) is 5.10 Å². The molecule has 1 N–H and O–H groups in total. The largest absolute Gasteiger partial charge is 0.386 e. The number of nitrogens with zero attached hydrogens (tertiary/aromatic N) is 2. The molecule has 0 radical (unpaired) electrons. The molecule has 1 aromatic heterocycles. The van der Waals surface area contributed by atoms with E-state index in [4.69, 9.17) is 0 Å². The van der Waals surface area contributed by atoms with E-state index in [1.807, 2.05) is 24.4 Å². The zero-order chi connectivity index (χ0) is 12.3. The van der Waals surface area contributed by atoms with Gasteiger partial charge < -0.3 is 5.11 Å². The molecule has 90 valence electrons. The van der Waals surface area contributed by atoms with Crippen LogP contribution in [-0.2, 0) is 6.54 Å². The second-order valence-corrected chi connectivity index (χ2v) is 4.57. The minimum atomic E-state index is -0.504. The molecule has 0 amide bonds. The highest BCUT2D eigenvalue weighted by molar-refractivity contribution is 5.26. The third-order valence-electron chi connectivity index (χ3n) is 2.91. The van der Waals surface area contributed by atoms with E-state index in [1.54, 1.807) is 10.9 Å². The van der Waals surface area contributed by atoms with Gasteiger partial charge in [0, 0.05) is 12.4 Å². The number of aliphatic hydroxyl groups excluding tert-OH is 1. The van der Waals surface area contributed by atoms with Gasteiger partial charge in [0.05, 0.1) is 12.6 Å². The Bertz CT molecular complexity index is 446. The molecule has 3 nitrogen and oxygen atoms in total. The Kier molecular flexibility index (Phi) is 3.59. The van der Waals surface area contributed by atoms with Gasteiger partial charge in [0.1, 0.15) is 0 Å². The number of aliphatic hydroxyl groups is 1. The lowest BCUT2D eigenvalue weighted by molar-refractivity contribution is 0.151. The topological polar surface area (TPSA) is 38.0 Å². The summed E-state index contributed by atoms with van der Waals surface area (Å²) in [5, 5.41) is 14.1. The van der Waals surface area contributed by atoms with Gasteiger partial charge in [-0.05, 0) is 23.1 Å². The van der Waals surface area contributed by atoms with Crippen molar-refractivity contribution >= 4 is 0 Å². The second-order valence-electron chi connectivity index (χ2n) is 4.57. The van der Waals surface area contributed by atoms with E-state index in [9.17, 15) is 5.11 Å². The maximum atomic E-state index is 10.1. The fourth-order valence-corrected chi connectivity index (χ4v) is 1.79. The van der Waals surface area contributed by atoms with Gasteiger partial charge in [-0.1, -0.05) is 38.1 Å². The predicted octanol–water partition coefficient (Wildman–Crippen LogP) is 2.74. The lowest BCUT2D eigenvalue weighted by atomic mass is 10.00. The van der Waals surface area contributed by atoms with Gasteiger partial charge in [0.25, 0.3) is 0 Å². The first kappa shape index (κ1) is 11.9. The third-order valence-corrected chi connectivity index (χ3v) is 2.91. The first-order valence-electron chi connectivity index (χ1n) is 5.92. The van der Waals surface area contributed by atoms with Crippen molar-refractivity contribution in [1.29, 1.82) is 0 Å². The molecule has 1 heterocycles.